The highest BCUT2D eigenvalue weighted by Crippen LogP contribution is 2.30. The molecule has 1 N–H and O–H groups in total. The summed E-state index contributed by atoms with van der Waals surface area (Å²) < 4.78 is 0.945. The Morgan fingerprint density at radius 1 is 1.32 bits per heavy atom. The lowest BCUT2D eigenvalue weighted by Crippen LogP contribution is -2.51. The smallest absolute Gasteiger partial charge is 0.251 e. The minimum Gasteiger partial charge on any atom is -0.345 e. The molecule has 19 heavy (non-hydrogen) atoms. The van der Waals surface area contributed by atoms with E-state index in [0.717, 1.165) is 29.3 Å². The zero-order chi connectivity index (χ0) is 13.9. The first-order valence-electron chi connectivity index (χ1n) is 6.40. The lowest BCUT2D eigenvalue weighted by atomic mass is 9.83. The lowest BCUT2D eigenvalue weighted by molar-refractivity contribution is 0.0885. The van der Waals surface area contributed by atoms with Gasteiger partial charge in [-0.2, -0.15) is 0 Å². The second kappa shape index (κ2) is 6.64. The van der Waals surface area contributed by atoms with E-state index in [1.165, 1.54) is 6.42 Å². The molecule has 0 heterocycles. The number of benzene rings is 1. The normalized spacial score (nSPS) is 18.1. The van der Waals surface area contributed by atoms with Gasteiger partial charge >= 0.3 is 0 Å². The first kappa shape index (κ1) is 15.4. The molecule has 0 radical (unpaired) electrons. The number of carbonyl (C=O) groups excluding carboxylic acids is 1. The van der Waals surface area contributed by atoms with Crippen LogP contribution in [0.2, 0.25) is 5.02 Å². The lowest BCUT2D eigenvalue weighted by Gasteiger charge is -2.36. The predicted molar refractivity (Wildman–Crippen MR) is 88.2 cm³/mol. The molecule has 0 aliphatic heterocycles. The van der Waals surface area contributed by atoms with E-state index in [-0.39, 0.29) is 11.4 Å². The highest BCUT2D eigenvalue weighted by Gasteiger charge is 2.32. The second-order valence-corrected chi connectivity index (χ2v) is 6.89. The van der Waals surface area contributed by atoms with Crippen molar-refractivity contribution < 1.29 is 4.79 Å². The molecule has 0 aromatic heterocycles. The zero-order valence-corrected chi connectivity index (χ0v) is 14.2. The summed E-state index contributed by atoms with van der Waals surface area (Å²) in [6.45, 7) is 0. The van der Waals surface area contributed by atoms with Gasteiger partial charge in [-0.3, -0.25) is 4.79 Å². The van der Waals surface area contributed by atoms with Crippen molar-refractivity contribution in [1.82, 2.24) is 5.32 Å². The number of amides is 1. The van der Waals surface area contributed by atoms with E-state index >= 15 is 0 Å². The molecule has 0 atom stereocenters. The largest absolute Gasteiger partial charge is 0.345 e. The topological polar surface area (TPSA) is 29.1 Å². The molecular weight excluding hydrogens is 396 g/mol. The van der Waals surface area contributed by atoms with Gasteiger partial charge in [-0.05, 0) is 53.6 Å². The first-order valence-corrected chi connectivity index (χ1v) is 8.39. The van der Waals surface area contributed by atoms with Gasteiger partial charge in [0.05, 0.1) is 10.6 Å². The van der Waals surface area contributed by atoms with Crippen LogP contribution >= 0.6 is 45.8 Å². The molecule has 0 saturated heterocycles. The van der Waals surface area contributed by atoms with E-state index < -0.39 is 0 Å². The summed E-state index contributed by atoms with van der Waals surface area (Å²) in [5, 5.41) is 3.72. The maximum Gasteiger partial charge on any atom is 0.251 e. The van der Waals surface area contributed by atoms with Crippen LogP contribution in [0.1, 0.15) is 42.5 Å². The Labute approximate surface area is 137 Å². The van der Waals surface area contributed by atoms with Crippen LogP contribution in [0.15, 0.2) is 18.2 Å². The molecule has 1 aliphatic carbocycles. The molecule has 1 fully saturated rings. The maximum absolute atomic E-state index is 12.3. The fraction of sp³-hybridized carbons (Fsp3) is 0.500. The molecule has 1 aromatic rings. The van der Waals surface area contributed by atoms with E-state index in [4.69, 9.17) is 23.2 Å². The number of carbonyl (C=O) groups is 1. The molecule has 0 unspecified atom stereocenters. The fourth-order valence-electron chi connectivity index (χ4n) is 2.47. The molecule has 1 aliphatic rings. The van der Waals surface area contributed by atoms with Crippen molar-refractivity contribution in [3.63, 3.8) is 0 Å². The van der Waals surface area contributed by atoms with Crippen molar-refractivity contribution in [3.05, 3.63) is 32.4 Å². The number of hydrogen-bond acceptors (Lipinski definition) is 1. The molecule has 5 heteroatoms. The van der Waals surface area contributed by atoms with Crippen LogP contribution < -0.4 is 5.32 Å². The van der Waals surface area contributed by atoms with Gasteiger partial charge in [-0.1, -0.05) is 30.9 Å². The predicted octanol–water partition coefficient (Wildman–Crippen LogP) is 4.62. The van der Waals surface area contributed by atoms with Crippen LogP contribution in [-0.2, 0) is 0 Å². The van der Waals surface area contributed by atoms with Gasteiger partial charge in [0.25, 0.3) is 5.91 Å². The fourth-order valence-corrected chi connectivity index (χ4v) is 3.32. The summed E-state index contributed by atoms with van der Waals surface area (Å²) in [7, 11) is 0. The van der Waals surface area contributed by atoms with Crippen LogP contribution in [0.5, 0.6) is 0 Å². The molecule has 0 spiro atoms. The minimum absolute atomic E-state index is 0.0825. The Balaban J connectivity index is 2.12. The van der Waals surface area contributed by atoms with Crippen LogP contribution in [-0.4, -0.2) is 17.3 Å². The van der Waals surface area contributed by atoms with Crippen LogP contribution in [0.25, 0.3) is 0 Å². The summed E-state index contributed by atoms with van der Waals surface area (Å²) in [6.07, 6.45) is 5.39. The number of rotatable bonds is 3. The van der Waals surface area contributed by atoms with Crippen molar-refractivity contribution in [3.8, 4) is 0 Å². The average molecular weight is 412 g/mol. The molecule has 1 saturated carbocycles. The Bertz CT molecular complexity index is 473. The summed E-state index contributed by atoms with van der Waals surface area (Å²) in [5.41, 5.74) is 0.354. The summed E-state index contributed by atoms with van der Waals surface area (Å²) in [4.78, 5) is 12.3. The van der Waals surface area contributed by atoms with Gasteiger partial charge in [-0.15, -0.1) is 11.6 Å². The van der Waals surface area contributed by atoms with E-state index in [9.17, 15) is 4.79 Å². The molecule has 2 rings (SSSR count). The summed E-state index contributed by atoms with van der Waals surface area (Å²) in [6, 6.07) is 5.36. The number of nitrogens with one attached hydrogen (secondary N) is 1. The van der Waals surface area contributed by atoms with E-state index in [0.29, 0.717) is 16.5 Å². The molecule has 2 nitrogen and oxygen atoms in total. The van der Waals surface area contributed by atoms with Crippen LogP contribution in [0, 0.1) is 3.57 Å². The standard InChI is InChI=1S/C14H16Cl2INO/c15-9-14(6-2-1-3-7-14)18-13(19)10-4-5-12(17)11(16)8-10/h4-5,8H,1-3,6-7,9H2,(H,18,19). The number of hydrogen-bond donors (Lipinski definition) is 1. The monoisotopic (exact) mass is 411 g/mol. The van der Waals surface area contributed by atoms with Gasteiger partial charge in [0, 0.05) is 15.0 Å². The molecule has 0 bridgehead atoms. The van der Waals surface area contributed by atoms with Crippen LogP contribution in [0.3, 0.4) is 0 Å². The van der Waals surface area contributed by atoms with Crippen molar-refractivity contribution in [2.45, 2.75) is 37.6 Å². The van der Waals surface area contributed by atoms with Crippen molar-refractivity contribution in [2.24, 2.45) is 0 Å². The Morgan fingerprint density at radius 3 is 2.58 bits per heavy atom. The van der Waals surface area contributed by atoms with Crippen molar-refractivity contribution in [2.75, 3.05) is 5.88 Å². The summed E-state index contributed by atoms with van der Waals surface area (Å²) in [5.74, 6) is 0.387. The highest BCUT2D eigenvalue weighted by atomic mass is 127. The first-order chi connectivity index (χ1) is 9.06. The maximum atomic E-state index is 12.3. The van der Waals surface area contributed by atoms with Gasteiger partial charge in [0.1, 0.15) is 0 Å². The molecule has 104 valence electrons. The molecular formula is C14H16Cl2INO. The van der Waals surface area contributed by atoms with E-state index in [2.05, 4.69) is 27.9 Å². The Hall–Kier alpha value is -0.0000000000000000555. The third-order valence-corrected chi connectivity index (χ3v) is 5.71. The number of alkyl halides is 1. The third kappa shape index (κ3) is 3.76. The molecule has 1 amide bonds. The van der Waals surface area contributed by atoms with Gasteiger partial charge in [0.15, 0.2) is 0 Å². The Kier molecular flexibility index (Phi) is 5.37. The van der Waals surface area contributed by atoms with E-state index in [1.54, 1.807) is 12.1 Å². The van der Waals surface area contributed by atoms with Gasteiger partial charge < -0.3 is 5.32 Å². The highest BCUT2D eigenvalue weighted by molar-refractivity contribution is 14.1. The Morgan fingerprint density at radius 2 is 2.00 bits per heavy atom. The quantitative estimate of drug-likeness (QED) is 0.570. The minimum atomic E-state index is -0.244. The third-order valence-electron chi connectivity index (χ3n) is 3.63. The zero-order valence-electron chi connectivity index (χ0n) is 10.5. The SMILES string of the molecule is O=C(NC1(CCl)CCCCC1)c1ccc(I)c(Cl)c1. The number of halogens is 3. The van der Waals surface area contributed by atoms with Crippen molar-refractivity contribution >= 4 is 51.7 Å². The van der Waals surface area contributed by atoms with E-state index in [1.807, 2.05) is 6.07 Å². The van der Waals surface area contributed by atoms with Crippen molar-refractivity contribution in [1.29, 1.82) is 0 Å². The van der Waals surface area contributed by atoms with Gasteiger partial charge in [0.2, 0.25) is 0 Å². The van der Waals surface area contributed by atoms with Crippen LogP contribution in [0.4, 0.5) is 0 Å². The summed E-state index contributed by atoms with van der Waals surface area (Å²) >= 11 is 14.3. The molecule has 1 aromatic carbocycles. The second-order valence-electron chi connectivity index (χ2n) is 5.06. The van der Waals surface area contributed by atoms with Gasteiger partial charge in [-0.25, -0.2) is 0 Å². The average Bonchev–Trinajstić information content (AvgIpc) is 2.43.